The van der Waals surface area contributed by atoms with Crippen molar-refractivity contribution in [1.82, 2.24) is 10.2 Å². The molecule has 146 valence electrons. The Bertz CT molecular complexity index is 832. The lowest BCUT2D eigenvalue weighted by Gasteiger charge is -2.29. The minimum absolute atomic E-state index is 0.0318. The fourth-order valence-corrected chi connectivity index (χ4v) is 3.04. The van der Waals surface area contributed by atoms with Gasteiger partial charge in [-0.15, -0.1) is 0 Å². The predicted octanol–water partition coefficient (Wildman–Crippen LogP) is 2.53. The molecule has 6 nitrogen and oxygen atoms in total. The Labute approximate surface area is 170 Å². The van der Waals surface area contributed by atoms with Gasteiger partial charge in [0.1, 0.15) is 18.1 Å². The zero-order valence-corrected chi connectivity index (χ0v) is 16.6. The van der Waals surface area contributed by atoms with Gasteiger partial charge in [0.2, 0.25) is 0 Å². The summed E-state index contributed by atoms with van der Waals surface area (Å²) >= 11 is 5.54. The van der Waals surface area contributed by atoms with E-state index < -0.39 is 0 Å². The summed E-state index contributed by atoms with van der Waals surface area (Å²) in [6.07, 6.45) is 0. The molecule has 2 aromatic carbocycles. The van der Waals surface area contributed by atoms with Gasteiger partial charge in [0, 0.05) is 24.2 Å². The van der Waals surface area contributed by atoms with Crippen LogP contribution < -0.4 is 10.1 Å². The van der Waals surface area contributed by atoms with E-state index in [1.54, 1.807) is 19.2 Å². The Morgan fingerprint density at radius 3 is 2.43 bits per heavy atom. The summed E-state index contributed by atoms with van der Waals surface area (Å²) in [5.74, 6) is 1.26. The maximum atomic E-state index is 12.5. The van der Waals surface area contributed by atoms with Gasteiger partial charge >= 0.3 is 0 Å². The number of thiocarbonyl (C=S) groups is 1. The first-order valence-corrected chi connectivity index (χ1v) is 9.49. The third-order valence-electron chi connectivity index (χ3n) is 4.36. The number of morpholine rings is 1. The molecule has 28 heavy (non-hydrogen) atoms. The molecule has 0 bridgehead atoms. The van der Waals surface area contributed by atoms with Gasteiger partial charge in [-0.05, 0) is 36.5 Å². The van der Waals surface area contributed by atoms with Crippen LogP contribution in [0.5, 0.6) is 5.75 Å². The van der Waals surface area contributed by atoms with Gasteiger partial charge in [-0.25, -0.2) is 0 Å². The monoisotopic (exact) mass is 397 g/mol. The molecule has 0 spiro atoms. The summed E-state index contributed by atoms with van der Waals surface area (Å²) in [6, 6.07) is 16.6. The maximum Gasteiger partial charge on any atom is 0.184 e. The number of amidine groups is 1. The zero-order valence-electron chi connectivity index (χ0n) is 15.8. The Morgan fingerprint density at radius 2 is 1.79 bits per heavy atom. The molecule has 3 rings (SSSR count). The number of carbonyl (C=O) groups is 1. The summed E-state index contributed by atoms with van der Waals surface area (Å²) in [7, 11) is 1.62. The van der Waals surface area contributed by atoms with Crippen LogP contribution >= 0.6 is 12.2 Å². The second-order valence-electron chi connectivity index (χ2n) is 6.21. The maximum absolute atomic E-state index is 12.5. The first-order chi connectivity index (χ1) is 13.7. The van der Waals surface area contributed by atoms with E-state index in [1.807, 2.05) is 47.4 Å². The highest BCUT2D eigenvalue weighted by atomic mass is 32.1. The van der Waals surface area contributed by atoms with E-state index in [2.05, 4.69) is 10.3 Å². The molecule has 1 heterocycles. The molecule has 0 amide bonds. The topological polar surface area (TPSA) is 63.2 Å². The van der Waals surface area contributed by atoms with Crippen molar-refractivity contribution in [2.45, 2.75) is 0 Å². The van der Waals surface area contributed by atoms with E-state index in [9.17, 15) is 4.79 Å². The molecule has 0 atom stereocenters. The van der Waals surface area contributed by atoms with Gasteiger partial charge in [-0.1, -0.05) is 30.3 Å². The number of carbonyl (C=O) groups excluding carboxylic acids is 1. The average molecular weight is 398 g/mol. The molecule has 0 radical (unpaired) electrons. The highest BCUT2D eigenvalue weighted by molar-refractivity contribution is 7.80. The number of aliphatic imine (C=N–C) groups is 1. The summed E-state index contributed by atoms with van der Waals surface area (Å²) in [5, 5.41) is 3.78. The molecule has 1 fully saturated rings. The highest BCUT2D eigenvalue weighted by Crippen LogP contribution is 2.12. The molecule has 0 aromatic heterocycles. The molecule has 0 saturated carbocycles. The largest absolute Gasteiger partial charge is 0.497 e. The molecule has 1 N–H and O–H groups in total. The highest BCUT2D eigenvalue weighted by Gasteiger charge is 2.16. The number of methoxy groups -OCH3 is 1. The zero-order chi connectivity index (χ0) is 19.8. The van der Waals surface area contributed by atoms with Crippen LogP contribution in [0.4, 0.5) is 0 Å². The summed E-state index contributed by atoms with van der Waals surface area (Å²) in [5.41, 5.74) is 1.47. The normalized spacial score (nSPS) is 14.5. The number of nitrogens with one attached hydrogen (secondary N) is 1. The first kappa shape index (κ1) is 20.0. The Morgan fingerprint density at radius 1 is 1.11 bits per heavy atom. The summed E-state index contributed by atoms with van der Waals surface area (Å²) in [4.78, 5) is 19.0. The average Bonchev–Trinajstić information content (AvgIpc) is 2.77. The second kappa shape index (κ2) is 9.96. The third-order valence-corrected chi connectivity index (χ3v) is 4.72. The Hall–Kier alpha value is -2.77. The molecule has 0 aliphatic carbocycles. The SMILES string of the molecule is COc1ccc(C(=NCC(=O)c2ccccc2)NC(=S)N2CCOCC2)cc1. The molecule has 7 heteroatoms. The van der Waals surface area contributed by atoms with Crippen LogP contribution in [-0.2, 0) is 4.74 Å². The van der Waals surface area contributed by atoms with E-state index in [0.717, 1.165) is 24.4 Å². The van der Waals surface area contributed by atoms with E-state index in [4.69, 9.17) is 21.7 Å². The summed E-state index contributed by atoms with van der Waals surface area (Å²) in [6.45, 7) is 2.77. The van der Waals surface area contributed by atoms with Gasteiger partial charge in [-0.2, -0.15) is 0 Å². The lowest BCUT2D eigenvalue weighted by Crippen LogP contribution is -2.48. The fraction of sp³-hybridized carbons (Fsp3) is 0.286. The van der Waals surface area contributed by atoms with Crippen molar-refractivity contribution in [1.29, 1.82) is 0 Å². The standard InChI is InChI=1S/C21H23N3O3S/c1-26-18-9-7-17(8-10-18)20(23-21(28)24-11-13-27-14-12-24)22-15-19(25)16-5-3-2-4-6-16/h2-10H,11-15H2,1H3,(H,22,23,28). The minimum atomic E-state index is -0.0503. The quantitative estimate of drug-likeness (QED) is 0.362. The van der Waals surface area contributed by atoms with E-state index in [0.29, 0.717) is 29.7 Å². The van der Waals surface area contributed by atoms with Gasteiger partial charge in [0.05, 0.1) is 20.3 Å². The molecule has 0 unspecified atom stereocenters. The fourth-order valence-electron chi connectivity index (χ4n) is 2.76. The van der Waals surface area contributed by atoms with Crippen LogP contribution in [-0.4, -0.2) is 61.6 Å². The molecule has 1 saturated heterocycles. The molecule has 1 aliphatic heterocycles. The third kappa shape index (κ3) is 5.37. The molecule has 1 aliphatic rings. The second-order valence-corrected chi connectivity index (χ2v) is 6.60. The van der Waals surface area contributed by atoms with Crippen LogP contribution in [0.25, 0.3) is 0 Å². The minimum Gasteiger partial charge on any atom is -0.497 e. The molecular formula is C21H23N3O3S. The number of ketones is 1. The van der Waals surface area contributed by atoms with Gasteiger partial charge in [-0.3, -0.25) is 9.79 Å². The van der Waals surface area contributed by atoms with Gasteiger partial charge in [0.25, 0.3) is 0 Å². The van der Waals surface area contributed by atoms with Crippen molar-refractivity contribution in [3.05, 3.63) is 65.7 Å². The summed E-state index contributed by atoms with van der Waals surface area (Å²) < 4.78 is 10.6. The molecular weight excluding hydrogens is 374 g/mol. The predicted molar refractivity (Wildman–Crippen MR) is 113 cm³/mol. The van der Waals surface area contributed by atoms with Crippen LogP contribution in [0.1, 0.15) is 15.9 Å². The van der Waals surface area contributed by atoms with Gasteiger partial charge < -0.3 is 19.7 Å². The van der Waals surface area contributed by atoms with Crippen LogP contribution in [0, 0.1) is 0 Å². The Kier molecular flexibility index (Phi) is 7.11. The first-order valence-electron chi connectivity index (χ1n) is 9.08. The van der Waals surface area contributed by atoms with E-state index in [-0.39, 0.29) is 12.3 Å². The smallest absolute Gasteiger partial charge is 0.184 e. The number of hydrogen-bond acceptors (Lipinski definition) is 5. The van der Waals surface area contributed by atoms with Crippen molar-refractivity contribution in [3.63, 3.8) is 0 Å². The lowest BCUT2D eigenvalue weighted by atomic mass is 10.1. The van der Waals surface area contributed by atoms with Crippen LogP contribution in [0.3, 0.4) is 0 Å². The van der Waals surface area contributed by atoms with Crippen molar-refractivity contribution < 1.29 is 14.3 Å². The van der Waals surface area contributed by atoms with Gasteiger partial charge in [0.15, 0.2) is 10.9 Å². The lowest BCUT2D eigenvalue weighted by molar-refractivity contribution is 0.0681. The number of hydrogen-bond donors (Lipinski definition) is 1. The number of Topliss-reactive ketones (excluding diaryl/α,β-unsaturated/α-hetero) is 1. The molecule has 2 aromatic rings. The Balaban J connectivity index is 1.78. The van der Waals surface area contributed by atoms with Crippen LogP contribution in [0.15, 0.2) is 59.6 Å². The van der Waals surface area contributed by atoms with Crippen molar-refractivity contribution >= 4 is 28.9 Å². The van der Waals surface area contributed by atoms with Crippen molar-refractivity contribution in [3.8, 4) is 5.75 Å². The van der Waals surface area contributed by atoms with E-state index in [1.165, 1.54) is 0 Å². The van der Waals surface area contributed by atoms with Crippen molar-refractivity contribution in [2.24, 2.45) is 4.99 Å². The van der Waals surface area contributed by atoms with Crippen LogP contribution in [0.2, 0.25) is 0 Å². The number of rotatable bonds is 5. The number of ether oxygens (including phenoxy) is 2. The van der Waals surface area contributed by atoms with Crippen molar-refractivity contribution in [2.75, 3.05) is 40.0 Å². The number of benzene rings is 2. The number of nitrogens with zero attached hydrogens (tertiary/aromatic N) is 2. The van der Waals surface area contributed by atoms with E-state index >= 15 is 0 Å².